The van der Waals surface area contributed by atoms with E-state index in [0.29, 0.717) is 0 Å². The molecule has 3 heteroatoms. The van der Waals surface area contributed by atoms with Crippen molar-refractivity contribution in [3.63, 3.8) is 0 Å². The molecule has 0 saturated heterocycles. The number of aryl methyl sites for hydroxylation is 3. The zero-order chi connectivity index (χ0) is 17.8. The second kappa shape index (κ2) is 6.05. The fraction of sp³-hybridized carbons (Fsp3) is 0.130. The molecule has 0 unspecified atom stereocenters. The Morgan fingerprint density at radius 2 is 1.38 bits per heavy atom. The Balaban J connectivity index is 1.80. The molecule has 3 aromatic heterocycles. The summed E-state index contributed by atoms with van der Waals surface area (Å²) in [7, 11) is 0. The Labute approximate surface area is 165 Å². The van der Waals surface area contributed by atoms with Gasteiger partial charge >= 0.3 is 0 Å². The average molecular weight is 391 g/mol. The maximum atomic E-state index is 2.29. The van der Waals surface area contributed by atoms with Gasteiger partial charge in [-0.05, 0) is 42.8 Å². The Hall–Kier alpha value is -1.94. The monoisotopic (exact) mass is 390 g/mol. The highest BCUT2D eigenvalue weighted by atomic mass is 32.2. The van der Waals surface area contributed by atoms with Gasteiger partial charge in [0.1, 0.15) is 0 Å². The van der Waals surface area contributed by atoms with Gasteiger partial charge in [0.25, 0.3) is 0 Å². The van der Waals surface area contributed by atoms with Gasteiger partial charge in [0.15, 0.2) is 0 Å². The molecule has 0 N–H and O–H groups in total. The Kier molecular flexibility index (Phi) is 3.78. The van der Waals surface area contributed by atoms with Crippen LogP contribution in [-0.2, 0) is 0 Å². The van der Waals surface area contributed by atoms with Gasteiger partial charge in [0.2, 0.25) is 0 Å². The van der Waals surface area contributed by atoms with Crippen molar-refractivity contribution >= 4 is 54.2 Å². The van der Waals surface area contributed by atoms with Gasteiger partial charge in [-0.3, -0.25) is 0 Å². The lowest BCUT2D eigenvalue weighted by Crippen LogP contribution is -1.75. The number of rotatable bonds is 2. The van der Waals surface area contributed by atoms with E-state index in [-0.39, 0.29) is 0 Å². The molecule has 0 aliphatic carbocycles. The maximum Gasteiger partial charge on any atom is 0.0877 e. The molecule has 128 valence electrons. The van der Waals surface area contributed by atoms with Gasteiger partial charge in [-0.15, -0.1) is 34.0 Å². The summed E-state index contributed by atoms with van der Waals surface area (Å²) in [5.74, 6) is 0. The first-order chi connectivity index (χ1) is 12.6. The van der Waals surface area contributed by atoms with E-state index < -0.39 is 0 Å². The van der Waals surface area contributed by atoms with Crippen LogP contribution < -0.4 is 0 Å². The first-order valence-electron chi connectivity index (χ1n) is 8.69. The topological polar surface area (TPSA) is 0 Å². The van der Waals surface area contributed by atoms with Crippen LogP contribution in [0.3, 0.4) is 0 Å². The number of hydrogen-bond donors (Lipinski definition) is 0. The predicted octanol–water partition coefficient (Wildman–Crippen LogP) is 8.44. The fourth-order valence-electron chi connectivity index (χ4n) is 3.62. The van der Waals surface area contributed by atoms with Crippen molar-refractivity contribution in [1.82, 2.24) is 0 Å². The average Bonchev–Trinajstić information content (AvgIpc) is 3.30. The standard InChI is InChI=1S/C23H18S3/c1-13-8-10-16(11-9-13)21-17-6-4-5-7-18(17)22(25-21)20-15(3)19-14(2)12-24-23(19)26-20/h4-12H,1-3H3. The van der Waals surface area contributed by atoms with Gasteiger partial charge < -0.3 is 0 Å². The Morgan fingerprint density at radius 3 is 2.08 bits per heavy atom. The van der Waals surface area contributed by atoms with E-state index in [2.05, 4.69) is 74.7 Å². The van der Waals surface area contributed by atoms with E-state index in [1.165, 1.54) is 57.1 Å². The van der Waals surface area contributed by atoms with Gasteiger partial charge in [-0.25, -0.2) is 0 Å². The van der Waals surface area contributed by atoms with Crippen LogP contribution in [0.4, 0.5) is 0 Å². The molecule has 0 nitrogen and oxygen atoms in total. The van der Waals surface area contributed by atoms with Gasteiger partial charge in [-0.1, -0.05) is 54.1 Å². The summed E-state index contributed by atoms with van der Waals surface area (Å²) in [6, 6.07) is 17.8. The minimum Gasteiger partial charge on any atom is -0.133 e. The van der Waals surface area contributed by atoms with Crippen molar-refractivity contribution in [2.24, 2.45) is 0 Å². The summed E-state index contributed by atoms with van der Waals surface area (Å²) < 4.78 is 1.45. The van der Waals surface area contributed by atoms with Crippen LogP contribution in [0, 0.1) is 20.8 Å². The minimum atomic E-state index is 1.31. The van der Waals surface area contributed by atoms with E-state index in [1.807, 2.05) is 34.0 Å². The first-order valence-corrected chi connectivity index (χ1v) is 11.2. The molecule has 26 heavy (non-hydrogen) atoms. The van der Waals surface area contributed by atoms with E-state index >= 15 is 0 Å². The van der Waals surface area contributed by atoms with E-state index in [0.717, 1.165) is 0 Å². The molecular weight excluding hydrogens is 372 g/mol. The Bertz CT molecular complexity index is 1250. The molecule has 0 amide bonds. The van der Waals surface area contributed by atoms with Crippen molar-refractivity contribution in [1.29, 1.82) is 0 Å². The number of thiophene rings is 3. The molecule has 0 fully saturated rings. The van der Waals surface area contributed by atoms with Crippen LogP contribution in [0.5, 0.6) is 0 Å². The van der Waals surface area contributed by atoms with E-state index in [4.69, 9.17) is 0 Å². The summed E-state index contributed by atoms with van der Waals surface area (Å²) in [5, 5.41) is 6.48. The van der Waals surface area contributed by atoms with Crippen molar-refractivity contribution in [2.45, 2.75) is 20.8 Å². The molecule has 3 heterocycles. The zero-order valence-corrected chi connectivity index (χ0v) is 17.4. The third-order valence-electron chi connectivity index (χ3n) is 4.99. The summed E-state index contributed by atoms with van der Waals surface area (Å²) in [6.45, 7) is 6.66. The van der Waals surface area contributed by atoms with Gasteiger partial charge in [0, 0.05) is 25.9 Å². The van der Waals surface area contributed by atoms with E-state index in [1.54, 1.807) is 0 Å². The summed E-state index contributed by atoms with van der Waals surface area (Å²) in [6.07, 6.45) is 0. The quantitative estimate of drug-likeness (QED) is 0.284. The maximum absolute atomic E-state index is 2.29. The molecule has 0 spiro atoms. The molecule has 5 aromatic rings. The molecule has 0 radical (unpaired) electrons. The number of benzene rings is 2. The smallest absolute Gasteiger partial charge is 0.0877 e. The van der Waals surface area contributed by atoms with Crippen LogP contribution in [0.1, 0.15) is 16.7 Å². The molecule has 0 aliphatic rings. The highest BCUT2D eigenvalue weighted by Crippen LogP contribution is 2.50. The lowest BCUT2D eigenvalue weighted by atomic mass is 10.0. The van der Waals surface area contributed by atoms with E-state index in [9.17, 15) is 0 Å². The second-order valence-electron chi connectivity index (χ2n) is 6.81. The highest BCUT2D eigenvalue weighted by Gasteiger charge is 2.19. The Morgan fingerprint density at radius 1 is 0.692 bits per heavy atom. The minimum absolute atomic E-state index is 1.31. The van der Waals surface area contributed by atoms with Crippen LogP contribution in [0.2, 0.25) is 0 Å². The van der Waals surface area contributed by atoms with Crippen molar-refractivity contribution < 1.29 is 0 Å². The lowest BCUT2D eigenvalue weighted by molar-refractivity contribution is 1.48. The molecule has 0 atom stereocenters. The van der Waals surface area contributed by atoms with Gasteiger partial charge in [0.05, 0.1) is 8.89 Å². The predicted molar refractivity (Wildman–Crippen MR) is 120 cm³/mol. The summed E-state index contributed by atoms with van der Waals surface area (Å²) in [4.78, 5) is 4.24. The molecule has 0 saturated carbocycles. The van der Waals surface area contributed by atoms with Crippen LogP contribution in [0.25, 0.3) is 40.4 Å². The SMILES string of the molecule is Cc1ccc(-c2sc(-c3sc4scc(C)c4c3C)c3ccccc23)cc1. The summed E-state index contributed by atoms with van der Waals surface area (Å²) in [5.41, 5.74) is 5.46. The zero-order valence-electron chi connectivity index (χ0n) is 14.9. The lowest BCUT2D eigenvalue weighted by Gasteiger charge is -1.99. The van der Waals surface area contributed by atoms with Crippen LogP contribution in [0.15, 0.2) is 53.9 Å². The largest absolute Gasteiger partial charge is 0.133 e. The molecule has 0 aliphatic heterocycles. The first kappa shape index (κ1) is 16.2. The van der Waals surface area contributed by atoms with Crippen molar-refractivity contribution in [2.75, 3.05) is 0 Å². The van der Waals surface area contributed by atoms with Crippen molar-refractivity contribution in [3.05, 3.63) is 70.6 Å². The van der Waals surface area contributed by atoms with Gasteiger partial charge in [-0.2, -0.15) is 0 Å². The third-order valence-corrected chi connectivity index (χ3v) is 8.94. The molecular formula is C23H18S3. The summed E-state index contributed by atoms with van der Waals surface area (Å²) >= 11 is 5.77. The highest BCUT2D eigenvalue weighted by molar-refractivity contribution is 7.40. The second-order valence-corrected chi connectivity index (χ2v) is 9.99. The van der Waals surface area contributed by atoms with Crippen LogP contribution in [-0.4, -0.2) is 0 Å². The third kappa shape index (κ3) is 2.38. The number of fused-ring (bicyclic) bond motifs is 2. The normalized spacial score (nSPS) is 11.7. The fourth-order valence-corrected chi connectivity index (χ4v) is 7.63. The molecule has 0 bridgehead atoms. The van der Waals surface area contributed by atoms with Crippen molar-refractivity contribution in [3.8, 4) is 20.2 Å². The molecule has 5 rings (SSSR count). The van der Waals surface area contributed by atoms with Crippen LogP contribution >= 0.6 is 34.0 Å². The number of hydrogen-bond acceptors (Lipinski definition) is 3. The molecule has 2 aromatic carbocycles.